The lowest BCUT2D eigenvalue weighted by Crippen LogP contribution is -2.23. The molecule has 2 aromatic rings. The summed E-state index contributed by atoms with van der Waals surface area (Å²) < 4.78 is 0.905. The van der Waals surface area contributed by atoms with Crippen LogP contribution in [0.5, 0.6) is 0 Å². The van der Waals surface area contributed by atoms with Crippen molar-refractivity contribution in [2.24, 2.45) is 0 Å². The third-order valence-corrected chi connectivity index (χ3v) is 4.62. The molecule has 0 spiro atoms. The Balaban J connectivity index is 2.44. The zero-order valence-corrected chi connectivity index (χ0v) is 14.3. The van der Waals surface area contributed by atoms with Gasteiger partial charge in [-0.15, -0.1) is 0 Å². The minimum absolute atomic E-state index is 0.0404. The number of hydrogen-bond acceptors (Lipinski definition) is 1. The first-order chi connectivity index (χ1) is 9.63. The van der Waals surface area contributed by atoms with Crippen LogP contribution in [-0.4, -0.2) is 6.54 Å². The average molecular weight is 373 g/mol. The summed E-state index contributed by atoms with van der Waals surface area (Å²) in [5.74, 6) is 0. The Hall–Kier alpha value is -0.540. The van der Waals surface area contributed by atoms with E-state index in [1.165, 1.54) is 0 Å². The van der Waals surface area contributed by atoms with E-state index in [0.29, 0.717) is 0 Å². The Morgan fingerprint density at radius 1 is 1.15 bits per heavy atom. The molecule has 4 heteroatoms. The van der Waals surface area contributed by atoms with E-state index in [1.54, 1.807) is 0 Å². The van der Waals surface area contributed by atoms with Gasteiger partial charge < -0.3 is 5.32 Å². The molecule has 0 radical (unpaired) electrons. The van der Waals surface area contributed by atoms with Crippen LogP contribution in [0.2, 0.25) is 10.0 Å². The molecule has 20 heavy (non-hydrogen) atoms. The number of rotatable bonds is 5. The number of halogens is 3. The van der Waals surface area contributed by atoms with Gasteiger partial charge in [0.1, 0.15) is 0 Å². The zero-order chi connectivity index (χ0) is 14.5. The van der Waals surface area contributed by atoms with Gasteiger partial charge in [-0.05, 0) is 58.2 Å². The van der Waals surface area contributed by atoms with Crippen LogP contribution < -0.4 is 5.32 Å². The number of benzene rings is 2. The fourth-order valence-electron chi connectivity index (χ4n) is 2.13. The fourth-order valence-corrected chi connectivity index (χ4v) is 2.94. The molecule has 1 unspecified atom stereocenters. The maximum absolute atomic E-state index is 6.44. The molecule has 2 rings (SSSR count). The van der Waals surface area contributed by atoms with Crippen LogP contribution in [0.25, 0.3) is 0 Å². The van der Waals surface area contributed by atoms with Gasteiger partial charge in [-0.1, -0.05) is 54.4 Å². The van der Waals surface area contributed by atoms with Gasteiger partial charge in [0.2, 0.25) is 0 Å². The number of nitrogens with one attached hydrogen (secondary N) is 1. The van der Waals surface area contributed by atoms with Gasteiger partial charge in [0, 0.05) is 9.50 Å². The van der Waals surface area contributed by atoms with Crippen LogP contribution in [0.3, 0.4) is 0 Å². The highest BCUT2D eigenvalue weighted by Crippen LogP contribution is 2.34. The summed E-state index contributed by atoms with van der Waals surface area (Å²) in [6.07, 6.45) is 1.06. The highest BCUT2D eigenvalue weighted by Gasteiger charge is 2.17. The van der Waals surface area contributed by atoms with Crippen molar-refractivity contribution in [2.45, 2.75) is 19.4 Å². The Morgan fingerprint density at radius 2 is 1.90 bits per heavy atom. The van der Waals surface area contributed by atoms with E-state index < -0.39 is 0 Å². The molecule has 0 bridgehead atoms. The molecule has 1 atom stereocenters. The Morgan fingerprint density at radius 3 is 2.60 bits per heavy atom. The standard InChI is InChI=1S/C16H16BrCl2N/c1-2-9-20-16(11-5-3-6-12(18)10-11)13-7-4-8-14(17)15(13)19/h3-8,10,16,20H,2,9H2,1H3. The summed E-state index contributed by atoms with van der Waals surface area (Å²) in [7, 11) is 0. The molecule has 0 aliphatic rings. The van der Waals surface area contributed by atoms with Crippen molar-refractivity contribution in [3.8, 4) is 0 Å². The quantitative estimate of drug-likeness (QED) is 0.694. The summed E-state index contributed by atoms with van der Waals surface area (Å²) in [4.78, 5) is 0. The van der Waals surface area contributed by atoms with Crippen LogP contribution in [0.1, 0.15) is 30.5 Å². The summed E-state index contributed by atoms with van der Waals surface area (Å²) >= 11 is 16.0. The Labute approximate surface area is 138 Å². The van der Waals surface area contributed by atoms with E-state index in [9.17, 15) is 0 Å². The highest BCUT2D eigenvalue weighted by atomic mass is 79.9. The summed E-state index contributed by atoms with van der Waals surface area (Å²) in [5, 5.41) is 5.00. The lowest BCUT2D eigenvalue weighted by Gasteiger charge is -2.21. The topological polar surface area (TPSA) is 12.0 Å². The molecule has 0 aliphatic heterocycles. The third kappa shape index (κ3) is 3.76. The summed E-state index contributed by atoms with van der Waals surface area (Å²) in [6, 6.07) is 13.9. The first kappa shape index (κ1) is 15.8. The number of hydrogen-bond donors (Lipinski definition) is 1. The molecule has 0 amide bonds. The second-order valence-corrected chi connectivity index (χ2v) is 6.25. The molecule has 0 heterocycles. The molecule has 0 aromatic heterocycles. The molecule has 0 saturated carbocycles. The molecule has 1 N–H and O–H groups in total. The van der Waals surface area contributed by atoms with Crippen molar-refractivity contribution >= 4 is 39.1 Å². The van der Waals surface area contributed by atoms with E-state index in [0.717, 1.165) is 38.6 Å². The summed E-state index contributed by atoms with van der Waals surface area (Å²) in [5.41, 5.74) is 2.17. The maximum atomic E-state index is 6.44. The zero-order valence-electron chi connectivity index (χ0n) is 11.2. The van der Waals surface area contributed by atoms with Crippen LogP contribution >= 0.6 is 39.1 Å². The van der Waals surface area contributed by atoms with Crippen molar-refractivity contribution in [2.75, 3.05) is 6.54 Å². The monoisotopic (exact) mass is 371 g/mol. The predicted molar refractivity (Wildman–Crippen MR) is 90.7 cm³/mol. The normalized spacial score (nSPS) is 12.4. The molecule has 0 fully saturated rings. The molecular weight excluding hydrogens is 357 g/mol. The SMILES string of the molecule is CCCNC(c1cccc(Cl)c1)c1cccc(Br)c1Cl. The average Bonchev–Trinajstić information content (AvgIpc) is 2.44. The van der Waals surface area contributed by atoms with Crippen molar-refractivity contribution in [1.29, 1.82) is 0 Å². The van der Waals surface area contributed by atoms with E-state index in [2.05, 4.69) is 34.2 Å². The highest BCUT2D eigenvalue weighted by molar-refractivity contribution is 9.10. The first-order valence-corrected chi connectivity index (χ1v) is 8.11. The van der Waals surface area contributed by atoms with Gasteiger partial charge in [0.05, 0.1) is 11.1 Å². The second kappa shape index (κ2) is 7.46. The van der Waals surface area contributed by atoms with Crippen LogP contribution in [-0.2, 0) is 0 Å². The van der Waals surface area contributed by atoms with Gasteiger partial charge in [-0.25, -0.2) is 0 Å². The molecule has 0 saturated heterocycles. The molecule has 2 aromatic carbocycles. The van der Waals surface area contributed by atoms with Gasteiger partial charge in [0.15, 0.2) is 0 Å². The van der Waals surface area contributed by atoms with E-state index in [4.69, 9.17) is 23.2 Å². The van der Waals surface area contributed by atoms with Crippen molar-refractivity contribution < 1.29 is 0 Å². The largest absolute Gasteiger partial charge is 0.306 e. The Bertz CT molecular complexity index is 586. The van der Waals surface area contributed by atoms with Gasteiger partial charge >= 0.3 is 0 Å². The van der Waals surface area contributed by atoms with Gasteiger partial charge in [-0.3, -0.25) is 0 Å². The van der Waals surface area contributed by atoms with E-state index >= 15 is 0 Å². The minimum Gasteiger partial charge on any atom is -0.306 e. The lowest BCUT2D eigenvalue weighted by atomic mass is 9.98. The van der Waals surface area contributed by atoms with Crippen molar-refractivity contribution in [3.05, 3.63) is 68.1 Å². The molecular formula is C16H16BrCl2N. The maximum Gasteiger partial charge on any atom is 0.0599 e. The molecule has 0 aliphatic carbocycles. The van der Waals surface area contributed by atoms with E-state index in [-0.39, 0.29) is 6.04 Å². The Kier molecular flexibility index (Phi) is 5.91. The minimum atomic E-state index is 0.0404. The van der Waals surface area contributed by atoms with E-state index in [1.807, 2.05) is 36.4 Å². The van der Waals surface area contributed by atoms with Gasteiger partial charge in [-0.2, -0.15) is 0 Å². The van der Waals surface area contributed by atoms with Crippen LogP contribution in [0, 0.1) is 0 Å². The predicted octanol–water partition coefficient (Wildman–Crippen LogP) is 5.84. The molecule has 1 nitrogen and oxygen atoms in total. The van der Waals surface area contributed by atoms with Crippen LogP contribution in [0.4, 0.5) is 0 Å². The fraction of sp³-hybridized carbons (Fsp3) is 0.250. The second-order valence-electron chi connectivity index (χ2n) is 4.59. The third-order valence-electron chi connectivity index (χ3n) is 3.07. The smallest absolute Gasteiger partial charge is 0.0599 e. The lowest BCUT2D eigenvalue weighted by molar-refractivity contribution is 0.598. The van der Waals surface area contributed by atoms with Gasteiger partial charge in [0.25, 0.3) is 0 Å². The summed E-state index contributed by atoms with van der Waals surface area (Å²) in [6.45, 7) is 3.06. The van der Waals surface area contributed by atoms with Crippen molar-refractivity contribution in [1.82, 2.24) is 5.32 Å². The first-order valence-electron chi connectivity index (χ1n) is 6.56. The van der Waals surface area contributed by atoms with Crippen LogP contribution in [0.15, 0.2) is 46.9 Å². The molecule has 106 valence electrons. The van der Waals surface area contributed by atoms with Crippen molar-refractivity contribution in [3.63, 3.8) is 0 Å².